The molecule has 0 saturated carbocycles. The van der Waals surface area contributed by atoms with Crippen LogP contribution in [-0.4, -0.2) is 4.98 Å². The molecule has 0 spiro atoms. The first-order chi connectivity index (χ1) is 7.74. The number of halogens is 1. The molecule has 1 atom stereocenters. The van der Waals surface area contributed by atoms with E-state index in [2.05, 4.69) is 26.3 Å². The van der Waals surface area contributed by atoms with E-state index in [0.717, 1.165) is 21.4 Å². The molecule has 5 heteroatoms. The second-order valence-corrected chi connectivity index (χ2v) is 4.32. The van der Waals surface area contributed by atoms with E-state index in [1.165, 1.54) is 0 Å². The zero-order valence-electron chi connectivity index (χ0n) is 8.77. The Bertz CT molecular complexity index is 484. The van der Waals surface area contributed by atoms with Crippen molar-refractivity contribution in [2.75, 3.05) is 0 Å². The standard InChI is InChI=1S/C11H12BrN3O/c1-7-2-4-14-6-8(7)10(15-13)11-9(12)3-5-16-11/h2-6,10,15H,13H2,1H3. The second kappa shape index (κ2) is 4.78. The molecule has 0 amide bonds. The molecule has 0 saturated heterocycles. The highest BCUT2D eigenvalue weighted by Crippen LogP contribution is 2.29. The fourth-order valence-electron chi connectivity index (χ4n) is 1.60. The van der Waals surface area contributed by atoms with Gasteiger partial charge in [0.1, 0.15) is 11.8 Å². The summed E-state index contributed by atoms with van der Waals surface area (Å²) in [6.45, 7) is 2.01. The minimum absolute atomic E-state index is 0.196. The monoisotopic (exact) mass is 281 g/mol. The van der Waals surface area contributed by atoms with Gasteiger partial charge in [-0.25, -0.2) is 5.43 Å². The predicted octanol–water partition coefficient (Wildman–Crippen LogP) is 2.30. The highest BCUT2D eigenvalue weighted by Gasteiger charge is 2.20. The quantitative estimate of drug-likeness (QED) is 0.669. The Morgan fingerprint density at radius 3 is 2.88 bits per heavy atom. The lowest BCUT2D eigenvalue weighted by Crippen LogP contribution is -2.29. The normalized spacial score (nSPS) is 12.7. The molecule has 0 aromatic carbocycles. The van der Waals surface area contributed by atoms with Gasteiger partial charge >= 0.3 is 0 Å². The minimum Gasteiger partial charge on any atom is -0.466 e. The van der Waals surface area contributed by atoms with Crippen LogP contribution in [0, 0.1) is 6.92 Å². The van der Waals surface area contributed by atoms with Gasteiger partial charge in [-0.2, -0.15) is 0 Å². The molecule has 3 N–H and O–H groups in total. The number of nitrogens with one attached hydrogen (secondary N) is 1. The number of nitrogens with zero attached hydrogens (tertiary/aromatic N) is 1. The third-order valence-corrected chi connectivity index (χ3v) is 3.12. The van der Waals surface area contributed by atoms with Crippen molar-refractivity contribution >= 4 is 15.9 Å². The maximum atomic E-state index is 5.58. The van der Waals surface area contributed by atoms with E-state index in [0.29, 0.717) is 0 Å². The number of hydrogen-bond acceptors (Lipinski definition) is 4. The maximum absolute atomic E-state index is 5.58. The fraction of sp³-hybridized carbons (Fsp3) is 0.182. The number of hydrogen-bond donors (Lipinski definition) is 2. The van der Waals surface area contributed by atoms with Gasteiger partial charge in [0.05, 0.1) is 10.7 Å². The van der Waals surface area contributed by atoms with E-state index in [-0.39, 0.29) is 6.04 Å². The number of rotatable bonds is 3. The Kier molecular flexibility index (Phi) is 3.38. The van der Waals surface area contributed by atoms with E-state index in [1.807, 2.05) is 19.1 Å². The number of hydrazine groups is 1. The summed E-state index contributed by atoms with van der Waals surface area (Å²) >= 11 is 3.42. The van der Waals surface area contributed by atoms with Crippen LogP contribution in [0.4, 0.5) is 0 Å². The van der Waals surface area contributed by atoms with Crippen LogP contribution in [0.1, 0.15) is 22.9 Å². The summed E-state index contributed by atoms with van der Waals surface area (Å²) in [5, 5.41) is 0. The van der Waals surface area contributed by atoms with Crippen molar-refractivity contribution in [3.63, 3.8) is 0 Å². The molecule has 0 aliphatic carbocycles. The molecule has 84 valence electrons. The molecule has 2 aromatic heterocycles. The van der Waals surface area contributed by atoms with Gasteiger partial charge in [0, 0.05) is 12.4 Å². The van der Waals surface area contributed by atoms with Crippen molar-refractivity contribution in [3.05, 3.63) is 52.1 Å². The van der Waals surface area contributed by atoms with Crippen LogP contribution in [-0.2, 0) is 0 Å². The molecule has 0 bridgehead atoms. The summed E-state index contributed by atoms with van der Waals surface area (Å²) in [7, 11) is 0. The molecule has 16 heavy (non-hydrogen) atoms. The van der Waals surface area contributed by atoms with Crippen molar-refractivity contribution in [1.29, 1.82) is 0 Å². The van der Waals surface area contributed by atoms with Crippen molar-refractivity contribution < 1.29 is 4.42 Å². The Hall–Kier alpha value is -1.17. The van der Waals surface area contributed by atoms with Crippen molar-refractivity contribution in [2.45, 2.75) is 13.0 Å². The summed E-state index contributed by atoms with van der Waals surface area (Å²) in [4.78, 5) is 4.10. The Balaban J connectivity index is 2.45. The molecule has 0 aliphatic rings. The van der Waals surface area contributed by atoms with Gasteiger partial charge in [0.25, 0.3) is 0 Å². The summed E-state index contributed by atoms with van der Waals surface area (Å²) in [6, 6.07) is 3.58. The Labute approximate surface area is 102 Å². The molecule has 0 aliphatic heterocycles. The third-order valence-electron chi connectivity index (χ3n) is 2.46. The SMILES string of the molecule is Cc1ccncc1C(NN)c1occc1Br. The number of aromatic nitrogens is 1. The maximum Gasteiger partial charge on any atom is 0.140 e. The van der Waals surface area contributed by atoms with Gasteiger partial charge in [-0.05, 0) is 46.1 Å². The van der Waals surface area contributed by atoms with Gasteiger partial charge < -0.3 is 4.42 Å². The van der Waals surface area contributed by atoms with Gasteiger partial charge in [-0.3, -0.25) is 10.8 Å². The van der Waals surface area contributed by atoms with Crippen molar-refractivity contribution in [3.8, 4) is 0 Å². The van der Waals surface area contributed by atoms with Crippen LogP contribution in [0.15, 0.2) is 39.7 Å². The van der Waals surface area contributed by atoms with Gasteiger partial charge in [0.2, 0.25) is 0 Å². The van der Waals surface area contributed by atoms with E-state index < -0.39 is 0 Å². The van der Waals surface area contributed by atoms with E-state index in [9.17, 15) is 0 Å². The number of furan rings is 1. The summed E-state index contributed by atoms with van der Waals surface area (Å²) in [6.07, 6.45) is 5.16. The zero-order valence-corrected chi connectivity index (χ0v) is 10.4. The van der Waals surface area contributed by atoms with E-state index in [4.69, 9.17) is 10.3 Å². The first-order valence-corrected chi connectivity index (χ1v) is 5.63. The van der Waals surface area contributed by atoms with Crippen LogP contribution < -0.4 is 11.3 Å². The lowest BCUT2D eigenvalue weighted by Gasteiger charge is -2.16. The summed E-state index contributed by atoms with van der Waals surface area (Å²) in [5.41, 5.74) is 4.85. The van der Waals surface area contributed by atoms with E-state index >= 15 is 0 Å². The molecule has 1 unspecified atom stereocenters. The van der Waals surface area contributed by atoms with Gasteiger partial charge in [0.15, 0.2) is 0 Å². The van der Waals surface area contributed by atoms with Crippen LogP contribution in [0.5, 0.6) is 0 Å². The summed E-state index contributed by atoms with van der Waals surface area (Å²) < 4.78 is 6.30. The van der Waals surface area contributed by atoms with Crippen LogP contribution in [0.3, 0.4) is 0 Å². The highest BCUT2D eigenvalue weighted by atomic mass is 79.9. The van der Waals surface area contributed by atoms with Gasteiger partial charge in [-0.1, -0.05) is 0 Å². The largest absolute Gasteiger partial charge is 0.466 e. The molecule has 2 aromatic rings. The summed E-state index contributed by atoms with van der Waals surface area (Å²) in [5.74, 6) is 6.32. The molecule has 0 radical (unpaired) electrons. The number of pyridine rings is 1. The average Bonchev–Trinajstić information content (AvgIpc) is 2.69. The van der Waals surface area contributed by atoms with Crippen LogP contribution >= 0.6 is 15.9 Å². The Morgan fingerprint density at radius 1 is 1.50 bits per heavy atom. The third kappa shape index (κ3) is 2.02. The number of nitrogens with two attached hydrogens (primary N) is 1. The average molecular weight is 282 g/mol. The molecular weight excluding hydrogens is 270 g/mol. The minimum atomic E-state index is -0.196. The van der Waals surface area contributed by atoms with E-state index in [1.54, 1.807) is 18.7 Å². The van der Waals surface area contributed by atoms with Crippen LogP contribution in [0.2, 0.25) is 0 Å². The van der Waals surface area contributed by atoms with Gasteiger partial charge in [-0.15, -0.1) is 0 Å². The fourth-order valence-corrected chi connectivity index (χ4v) is 2.03. The Morgan fingerprint density at radius 2 is 2.31 bits per heavy atom. The molecule has 2 rings (SSSR count). The topological polar surface area (TPSA) is 64.1 Å². The molecule has 0 fully saturated rings. The van der Waals surface area contributed by atoms with Crippen molar-refractivity contribution in [1.82, 2.24) is 10.4 Å². The van der Waals surface area contributed by atoms with Crippen molar-refractivity contribution in [2.24, 2.45) is 5.84 Å². The molecule has 2 heterocycles. The first kappa shape index (κ1) is 11.3. The lowest BCUT2D eigenvalue weighted by atomic mass is 10.0. The smallest absolute Gasteiger partial charge is 0.140 e. The lowest BCUT2D eigenvalue weighted by molar-refractivity contribution is 0.448. The second-order valence-electron chi connectivity index (χ2n) is 3.46. The van der Waals surface area contributed by atoms with Crippen LogP contribution in [0.25, 0.3) is 0 Å². The molecule has 4 nitrogen and oxygen atoms in total. The first-order valence-electron chi connectivity index (χ1n) is 4.83. The number of aryl methyl sites for hydroxylation is 1. The predicted molar refractivity (Wildman–Crippen MR) is 64.5 cm³/mol. The zero-order chi connectivity index (χ0) is 11.5. The molecular formula is C11H12BrN3O. The highest BCUT2D eigenvalue weighted by molar-refractivity contribution is 9.10.